The van der Waals surface area contributed by atoms with Crippen molar-refractivity contribution in [3.63, 3.8) is 0 Å². The molecule has 1 heterocycles. The van der Waals surface area contributed by atoms with Crippen molar-refractivity contribution >= 4 is 27.2 Å². The van der Waals surface area contributed by atoms with Gasteiger partial charge in [0.2, 0.25) is 10.0 Å². The van der Waals surface area contributed by atoms with Crippen LogP contribution in [-0.2, 0) is 17.1 Å². The Balaban J connectivity index is 2.01. The van der Waals surface area contributed by atoms with E-state index in [2.05, 4.69) is 10.0 Å². The monoisotopic (exact) mass is 439 g/mol. The fourth-order valence-electron chi connectivity index (χ4n) is 3.44. The molecule has 4 N–H and O–H groups in total. The minimum atomic E-state index is -3.96. The number of anilines is 3. The van der Waals surface area contributed by atoms with Crippen LogP contribution in [0.5, 0.6) is 0 Å². The van der Waals surface area contributed by atoms with E-state index in [9.17, 15) is 22.7 Å². The molecule has 0 spiro atoms. The van der Waals surface area contributed by atoms with Crippen LogP contribution in [0.25, 0.3) is 0 Å². The quantitative estimate of drug-likeness (QED) is 0.499. The summed E-state index contributed by atoms with van der Waals surface area (Å²) in [5.74, 6) is -0.447. The van der Waals surface area contributed by atoms with E-state index in [0.717, 1.165) is 5.56 Å². The Labute approximate surface area is 174 Å². The molecule has 0 aliphatic heterocycles. The van der Waals surface area contributed by atoms with Crippen LogP contribution in [0.4, 0.5) is 21.6 Å². The summed E-state index contributed by atoms with van der Waals surface area (Å²) in [5, 5.41) is 21.7. The third-order valence-corrected chi connectivity index (χ3v) is 7.62. The van der Waals surface area contributed by atoms with Crippen LogP contribution in [0.1, 0.15) is 30.4 Å². The molecule has 1 aliphatic carbocycles. The zero-order valence-electron chi connectivity index (χ0n) is 17.1. The average molecular weight is 440 g/mol. The first-order valence-electron chi connectivity index (χ1n) is 9.55. The number of benzene rings is 1. The van der Waals surface area contributed by atoms with Crippen molar-refractivity contribution in [1.29, 1.82) is 0 Å². The second-order valence-electron chi connectivity index (χ2n) is 7.89. The van der Waals surface area contributed by atoms with E-state index in [0.29, 0.717) is 18.4 Å². The molecular weight excluding hydrogens is 413 g/mol. The topological polar surface area (TPSA) is 121 Å². The standard InChI is InChI=1S/C20H26FN3O5S/c1-12-4-5-16(15(21)8-12)22-18-17(9-13(2)19(27)24(18)3)23-30(28,29)20(6-7-20)10-14(26)11-25/h4-5,8-9,14,22-23,25-26H,6-7,10-11H2,1-3H3. The number of aliphatic hydroxyl groups is 2. The number of aryl methyl sites for hydroxylation is 2. The van der Waals surface area contributed by atoms with Crippen LogP contribution in [0.2, 0.25) is 0 Å². The molecule has 1 atom stereocenters. The second kappa shape index (κ2) is 8.01. The molecule has 0 bridgehead atoms. The average Bonchev–Trinajstić information content (AvgIpc) is 3.45. The molecule has 1 aromatic carbocycles. The van der Waals surface area contributed by atoms with Gasteiger partial charge in [-0.05, 0) is 56.9 Å². The molecule has 1 saturated carbocycles. The zero-order chi connectivity index (χ0) is 22.3. The van der Waals surface area contributed by atoms with Gasteiger partial charge in [-0.1, -0.05) is 6.07 Å². The Kier molecular flexibility index (Phi) is 5.94. The van der Waals surface area contributed by atoms with Crippen LogP contribution in [0, 0.1) is 19.7 Å². The van der Waals surface area contributed by atoms with Crippen LogP contribution < -0.4 is 15.6 Å². The SMILES string of the molecule is Cc1ccc(Nc2c(NS(=O)(=O)C3(CC(O)CO)CC3)cc(C)c(=O)n2C)c(F)c1. The normalized spacial score (nSPS) is 16.2. The molecule has 1 aromatic heterocycles. The molecule has 0 saturated heterocycles. The first-order valence-corrected chi connectivity index (χ1v) is 11.0. The van der Waals surface area contributed by atoms with Gasteiger partial charge in [0.1, 0.15) is 11.6 Å². The number of aliphatic hydroxyl groups excluding tert-OH is 2. The van der Waals surface area contributed by atoms with Crippen molar-refractivity contribution in [3.8, 4) is 0 Å². The predicted molar refractivity (Wildman–Crippen MR) is 113 cm³/mol. The van der Waals surface area contributed by atoms with Gasteiger partial charge in [0.05, 0.1) is 28.8 Å². The molecule has 10 heteroatoms. The number of aromatic nitrogens is 1. The second-order valence-corrected chi connectivity index (χ2v) is 9.97. The molecule has 1 aliphatic rings. The van der Waals surface area contributed by atoms with Crippen molar-refractivity contribution in [3.05, 3.63) is 51.6 Å². The van der Waals surface area contributed by atoms with Crippen LogP contribution in [0.15, 0.2) is 29.1 Å². The van der Waals surface area contributed by atoms with E-state index in [1.165, 1.54) is 29.8 Å². The first-order chi connectivity index (χ1) is 14.0. The highest BCUT2D eigenvalue weighted by atomic mass is 32.2. The van der Waals surface area contributed by atoms with E-state index >= 15 is 0 Å². The third-order valence-electron chi connectivity index (χ3n) is 5.41. The number of nitrogens with zero attached hydrogens (tertiary/aromatic N) is 1. The van der Waals surface area contributed by atoms with Gasteiger partial charge in [-0.2, -0.15) is 0 Å². The molecule has 3 rings (SSSR count). The fraction of sp³-hybridized carbons (Fsp3) is 0.450. The lowest BCUT2D eigenvalue weighted by Gasteiger charge is -2.23. The number of halogens is 1. The molecule has 164 valence electrons. The van der Waals surface area contributed by atoms with Crippen molar-refractivity contribution in [2.45, 2.75) is 44.0 Å². The van der Waals surface area contributed by atoms with Crippen LogP contribution in [-0.4, -0.2) is 40.7 Å². The minimum Gasteiger partial charge on any atom is -0.394 e. The number of pyridine rings is 1. The van der Waals surface area contributed by atoms with Crippen molar-refractivity contribution in [2.24, 2.45) is 7.05 Å². The minimum absolute atomic E-state index is 0.0930. The fourth-order valence-corrected chi connectivity index (χ4v) is 5.15. The number of sulfonamides is 1. The largest absolute Gasteiger partial charge is 0.394 e. The van der Waals surface area contributed by atoms with Gasteiger partial charge in [0.25, 0.3) is 5.56 Å². The summed E-state index contributed by atoms with van der Waals surface area (Å²) in [7, 11) is -2.49. The number of hydrogen-bond donors (Lipinski definition) is 4. The smallest absolute Gasteiger partial charge is 0.254 e. The van der Waals surface area contributed by atoms with Gasteiger partial charge in [-0.3, -0.25) is 14.1 Å². The van der Waals surface area contributed by atoms with Crippen LogP contribution >= 0.6 is 0 Å². The van der Waals surface area contributed by atoms with E-state index < -0.39 is 33.3 Å². The van der Waals surface area contributed by atoms with E-state index in [1.54, 1.807) is 19.9 Å². The molecule has 0 radical (unpaired) electrons. The highest BCUT2D eigenvalue weighted by molar-refractivity contribution is 7.94. The molecule has 0 amide bonds. The van der Waals surface area contributed by atoms with Gasteiger partial charge < -0.3 is 15.5 Å². The summed E-state index contributed by atoms with van der Waals surface area (Å²) in [6, 6.07) is 5.92. The van der Waals surface area contributed by atoms with E-state index in [-0.39, 0.29) is 29.2 Å². The van der Waals surface area contributed by atoms with Crippen LogP contribution in [0.3, 0.4) is 0 Å². The summed E-state index contributed by atoms with van der Waals surface area (Å²) < 4.78 is 43.0. The summed E-state index contributed by atoms with van der Waals surface area (Å²) in [4.78, 5) is 12.4. The molecular formula is C20H26FN3O5S. The van der Waals surface area contributed by atoms with Gasteiger partial charge in [-0.15, -0.1) is 0 Å². The highest BCUT2D eigenvalue weighted by Gasteiger charge is 2.55. The number of rotatable bonds is 8. The molecule has 30 heavy (non-hydrogen) atoms. The Bertz CT molecular complexity index is 1130. The maximum atomic E-state index is 14.4. The van der Waals surface area contributed by atoms with Crippen molar-refractivity contribution in [1.82, 2.24) is 4.57 Å². The first kappa shape index (κ1) is 22.3. The molecule has 1 fully saturated rings. The lowest BCUT2D eigenvalue weighted by molar-refractivity contribution is 0.0858. The van der Waals surface area contributed by atoms with Crippen molar-refractivity contribution in [2.75, 3.05) is 16.6 Å². The Morgan fingerprint density at radius 2 is 1.90 bits per heavy atom. The summed E-state index contributed by atoms with van der Waals surface area (Å²) in [5.41, 5.74) is 0.862. The molecule has 8 nitrogen and oxygen atoms in total. The third kappa shape index (κ3) is 4.21. The maximum Gasteiger partial charge on any atom is 0.254 e. The summed E-state index contributed by atoms with van der Waals surface area (Å²) in [6.45, 7) is 2.76. The van der Waals surface area contributed by atoms with E-state index in [4.69, 9.17) is 5.11 Å². The Hall–Kier alpha value is -2.43. The lowest BCUT2D eigenvalue weighted by atomic mass is 10.2. The van der Waals surface area contributed by atoms with Gasteiger partial charge in [0.15, 0.2) is 0 Å². The summed E-state index contributed by atoms with van der Waals surface area (Å²) >= 11 is 0. The molecule has 2 aromatic rings. The Morgan fingerprint density at radius 1 is 1.23 bits per heavy atom. The maximum absolute atomic E-state index is 14.4. The summed E-state index contributed by atoms with van der Waals surface area (Å²) in [6.07, 6.45) is -0.553. The number of hydrogen-bond acceptors (Lipinski definition) is 6. The van der Waals surface area contributed by atoms with Gasteiger partial charge >= 0.3 is 0 Å². The highest BCUT2D eigenvalue weighted by Crippen LogP contribution is 2.48. The van der Waals surface area contributed by atoms with Crippen molar-refractivity contribution < 1.29 is 23.0 Å². The zero-order valence-corrected chi connectivity index (χ0v) is 17.9. The lowest BCUT2D eigenvalue weighted by Crippen LogP contribution is -2.35. The Morgan fingerprint density at radius 3 is 2.47 bits per heavy atom. The van der Waals surface area contributed by atoms with E-state index in [1.807, 2.05) is 0 Å². The molecule has 1 unspecified atom stereocenters. The predicted octanol–water partition coefficient (Wildman–Crippen LogP) is 1.90. The number of nitrogens with one attached hydrogen (secondary N) is 2. The van der Waals surface area contributed by atoms with Gasteiger partial charge in [-0.25, -0.2) is 12.8 Å². The van der Waals surface area contributed by atoms with Gasteiger partial charge in [0, 0.05) is 12.6 Å².